The first-order valence-corrected chi connectivity index (χ1v) is 8.91. The Balaban J connectivity index is 1.98. The molecule has 1 atom stereocenters. The van der Waals surface area contributed by atoms with Crippen LogP contribution in [0.1, 0.15) is 24.5 Å². The first-order chi connectivity index (χ1) is 12.5. The van der Waals surface area contributed by atoms with E-state index in [1.54, 1.807) is 18.1 Å². The van der Waals surface area contributed by atoms with E-state index in [1.807, 2.05) is 44.2 Å². The van der Waals surface area contributed by atoms with Crippen LogP contribution in [-0.2, 0) is 16.1 Å². The third-order valence-corrected chi connectivity index (χ3v) is 4.81. The Bertz CT molecular complexity index is 799. The number of benzene rings is 2. The van der Waals surface area contributed by atoms with Gasteiger partial charge in [-0.1, -0.05) is 31.2 Å². The number of rotatable bonds is 4. The van der Waals surface area contributed by atoms with Gasteiger partial charge in [0, 0.05) is 19.2 Å². The van der Waals surface area contributed by atoms with Crippen molar-refractivity contribution in [2.45, 2.75) is 32.9 Å². The lowest BCUT2D eigenvalue weighted by Gasteiger charge is -2.24. The number of aryl methyl sites for hydroxylation is 1. The Morgan fingerprint density at radius 2 is 2.12 bits per heavy atom. The van der Waals surface area contributed by atoms with Crippen LogP contribution in [0, 0.1) is 6.92 Å². The number of ether oxygens (including phenoxy) is 2. The second-order valence-corrected chi connectivity index (χ2v) is 6.54. The molecule has 0 radical (unpaired) electrons. The number of carbonyl (C=O) groups is 1. The number of aromatic hydroxyl groups is 1. The molecular weight excluding hydrogens is 330 g/mol. The SMILES string of the molecule is CCC(OC)C(=O)N1CCOc2c(O)cc(-c3ccccc3C)cc2C1. The van der Waals surface area contributed by atoms with Crippen molar-refractivity contribution in [3.05, 3.63) is 47.5 Å². The molecule has 5 nitrogen and oxygen atoms in total. The van der Waals surface area contributed by atoms with E-state index in [4.69, 9.17) is 9.47 Å². The summed E-state index contributed by atoms with van der Waals surface area (Å²) >= 11 is 0. The molecule has 2 aromatic carbocycles. The molecule has 138 valence electrons. The van der Waals surface area contributed by atoms with Crippen molar-refractivity contribution in [1.29, 1.82) is 0 Å². The zero-order chi connectivity index (χ0) is 18.7. The summed E-state index contributed by atoms with van der Waals surface area (Å²) in [5.74, 6) is 0.518. The van der Waals surface area contributed by atoms with Crippen LogP contribution >= 0.6 is 0 Å². The molecule has 2 aromatic rings. The zero-order valence-electron chi connectivity index (χ0n) is 15.5. The highest BCUT2D eigenvalue weighted by Crippen LogP contribution is 2.38. The van der Waals surface area contributed by atoms with Crippen molar-refractivity contribution in [2.75, 3.05) is 20.3 Å². The van der Waals surface area contributed by atoms with Crippen LogP contribution in [-0.4, -0.2) is 42.3 Å². The Kier molecular flexibility index (Phi) is 5.47. The van der Waals surface area contributed by atoms with Crippen LogP contribution in [0.15, 0.2) is 36.4 Å². The van der Waals surface area contributed by atoms with E-state index in [0.29, 0.717) is 31.9 Å². The topological polar surface area (TPSA) is 59.0 Å². The smallest absolute Gasteiger partial charge is 0.252 e. The molecule has 26 heavy (non-hydrogen) atoms. The molecule has 0 aromatic heterocycles. The molecule has 1 unspecified atom stereocenters. The average Bonchev–Trinajstić information content (AvgIpc) is 2.86. The van der Waals surface area contributed by atoms with Gasteiger partial charge in [0.25, 0.3) is 5.91 Å². The molecule has 0 fully saturated rings. The highest BCUT2D eigenvalue weighted by atomic mass is 16.5. The van der Waals surface area contributed by atoms with Gasteiger partial charge < -0.3 is 19.5 Å². The second-order valence-electron chi connectivity index (χ2n) is 6.54. The fourth-order valence-corrected chi connectivity index (χ4v) is 3.39. The maximum Gasteiger partial charge on any atom is 0.252 e. The minimum atomic E-state index is -0.454. The Morgan fingerprint density at radius 1 is 1.35 bits per heavy atom. The number of carbonyl (C=O) groups excluding carboxylic acids is 1. The largest absolute Gasteiger partial charge is 0.504 e. The monoisotopic (exact) mass is 355 g/mol. The van der Waals surface area contributed by atoms with Gasteiger partial charge in [0.05, 0.1) is 6.54 Å². The number of phenols is 1. The van der Waals surface area contributed by atoms with Gasteiger partial charge in [0.15, 0.2) is 11.5 Å². The Hall–Kier alpha value is -2.53. The second kappa shape index (κ2) is 7.79. The van der Waals surface area contributed by atoms with E-state index < -0.39 is 6.10 Å². The van der Waals surface area contributed by atoms with Gasteiger partial charge in [-0.15, -0.1) is 0 Å². The summed E-state index contributed by atoms with van der Waals surface area (Å²) in [5.41, 5.74) is 3.90. The predicted molar refractivity (Wildman–Crippen MR) is 100 cm³/mol. The van der Waals surface area contributed by atoms with Crippen molar-refractivity contribution in [1.82, 2.24) is 4.90 Å². The van der Waals surface area contributed by atoms with Crippen molar-refractivity contribution in [3.63, 3.8) is 0 Å². The lowest BCUT2D eigenvalue weighted by atomic mass is 9.97. The van der Waals surface area contributed by atoms with Gasteiger partial charge in [-0.25, -0.2) is 0 Å². The molecule has 0 saturated carbocycles. The van der Waals surface area contributed by atoms with Gasteiger partial charge in [0.2, 0.25) is 0 Å². The van der Waals surface area contributed by atoms with E-state index in [0.717, 1.165) is 22.3 Å². The average molecular weight is 355 g/mol. The maximum absolute atomic E-state index is 12.7. The number of nitrogens with zero attached hydrogens (tertiary/aromatic N) is 1. The van der Waals surface area contributed by atoms with Gasteiger partial charge in [0.1, 0.15) is 12.7 Å². The van der Waals surface area contributed by atoms with E-state index in [2.05, 4.69) is 0 Å². The molecule has 1 amide bonds. The number of fused-ring (bicyclic) bond motifs is 1. The molecule has 1 aliphatic rings. The van der Waals surface area contributed by atoms with Gasteiger partial charge in [-0.3, -0.25) is 4.79 Å². The Morgan fingerprint density at radius 3 is 2.81 bits per heavy atom. The van der Waals surface area contributed by atoms with E-state index in [9.17, 15) is 9.90 Å². The molecular formula is C21H25NO4. The highest BCUT2D eigenvalue weighted by molar-refractivity contribution is 5.81. The summed E-state index contributed by atoms with van der Waals surface area (Å²) in [5, 5.41) is 10.5. The summed E-state index contributed by atoms with van der Waals surface area (Å²) in [6.45, 7) is 5.16. The lowest BCUT2D eigenvalue weighted by Crippen LogP contribution is -2.40. The predicted octanol–water partition coefficient (Wildman–Crippen LogP) is 3.51. The van der Waals surface area contributed by atoms with Gasteiger partial charge >= 0.3 is 0 Å². The molecule has 1 heterocycles. The summed E-state index contributed by atoms with van der Waals surface area (Å²) in [6.07, 6.45) is 0.165. The van der Waals surface area contributed by atoms with Crippen molar-refractivity contribution >= 4 is 5.91 Å². The molecule has 0 spiro atoms. The molecule has 0 saturated heterocycles. The normalized spacial score (nSPS) is 15.0. The summed E-state index contributed by atoms with van der Waals surface area (Å²) in [4.78, 5) is 14.4. The number of hydrogen-bond acceptors (Lipinski definition) is 4. The summed E-state index contributed by atoms with van der Waals surface area (Å²) < 4.78 is 11.0. The molecule has 3 rings (SSSR count). The number of methoxy groups -OCH3 is 1. The van der Waals surface area contributed by atoms with E-state index in [-0.39, 0.29) is 11.7 Å². The number of hydrogen-bond donors (Lipinski definition) is 1. The van der Waals surface area contributed by atoms with Crippen LogP contribution in [0.2, 0.25) is 0 Å². The zero-order valence-corrected chi connectivity index (χ0v) is 15.5. The minimum Gasteiger partial charge on any atom is -0.504 e. The molecule has 0 bridgehead atoms. The fraction of sp³-hybridized carbons (Fsp3) is 0.381. The van der Waals surface area contributed by atoms with Gasteiger partial charge in [-0.2, -0.15) is 0 Å². The van der Waals surface area contributed by atoms with Crippen LogP contribution in [0.5, 0.6) is 11.5 Å². The molecule has 0 aliphatic carbocycles. The first-order valence-electron chi connectivity index (χ1n) is 8.91. The lowest BCUT2D eigenvalue weighted by molar-refractivity contribution is -0.142. The Labute approximate surface area is 154 Å². The van der Waals surface area contributed by atoms with Crippen molar-refractivity contribution in [2.24, 2.45) is 0 Å². The third-order valence-electron chi connectivity index (χ3n) is 4.81. The quantitative estimate of drug-likeness (QED) is 0.912. The van der Waals surface area contributed by atoms with Crippen LogP contribution in [0.3, 0.4) is 0 Å². The van der Waals surface area contributed by atoms with Crippen molar-refractivity contribution < 1.29 is 19.4 Å². The van der Waals surface area contributed by atoms with Gasteiger partial charge in [-0.05, 0) is 42.2 Å². The van der Waals surface area contributed by atoms with Crippen LogP contribution < -0.4 is 4.74 Å². The molecule has 1 aliphatic heterocycles. The number of phenolic OH excluding ortho intramolecular Hbond substituents is 1. The van der Waals surface area contributed by atoms with E-state index >= 15 is 0 Å². The third kappa shape index (κ3) is 3.53. The van der Waals surface area contributed by atoms with Crippen LogP contribution in [0.4, 0.5) is 0 Å². The minimum absolute atomic E-state index is 0.0489. The summed E-state index contributed by atoms with van der Waals surface area (Å²) in [7, 11) is 1.55. The van der Waals surface area contributed by atoms with Crippen molar-refractivity contribution in [3.8, 4) is 22.6 Å². The summed E-state index contributed by atoms with van der Waals surface area (Å²) in [6, 6.07) is 11.7. The maximum atomic E-state index is 12.7. The highest BCUT2D eigenvalue weighted by Gasteiger charge is 2.27. The molecule has 1 N–H and O–H groups in total. The van der Waals surface area contributed by atoms with E-state index in [1.165, 1.54) is 0 Å². The molecule has 5 heteroatoms. The van der Waals surface area contributed by atoms with Crippen LogP contribution in [0.25, 0.3) is 11.1 Å². The fourth-order valence-electron chi connectivity index (χ4n) is 3.39. The first kappa shape index (κ1) is 18.3. The number of amides is 1. The standard InChI is InChI=1S/C21H25NO4/c1-4-19(25-3)21(24)22-9-10-26-20-16(13-22)11-15(12-18(20)23)17-8-6-5-7-14(17)2/h5-8,11-12,19,23H,4,9-10,13H2,1-3H3.